The minimum Gasteiger partial charge on any atom is -0.473 e. The SMILES string of the molecule is Nc1ccc(OCc2ccc(F)cc2)nc1N1C=CCC1=O. The number of nitrogen functional groups attached to an aromatic ring is 1. The molecule has 0 saturated carbocycles. The number of hydrogen-bond donors (Lipinski definition) is 1. The van der Waals surface area contributed by atoms with Gasteiger partial charge in [0.15, 0.2) is 5.82 Å². The number of halogens is 1. The van der Waals surface area contributed by atoms with Gasteiger partial charge in [-0.25, -0.2) is 4.39 Å². The van der Waals surface area contributed by atoms with E-state index >= 15 is 0 Å². The van der Waals surface area contributed by atoms with Crippen molar-refractivity contribution in [3.63, 3.8) is 0 Å². The number of aromatic nitrogens is 1. The highest BCUT2D eigenvalue weighted by molar-refractivity contribution is 5.99. The predicted molar refractivity (Wildman–Crippen MR) is 80.6 cm³/mol. The van der Waals surface area contributed by atoms with Crippen LogP contribution in [0, 0.1) is 5.82 Å². The smallest absolute Gasteiger partial charge is 0.236 e. The van der Waals surface area contributed by atoms with Crippen molar-refractivity contribution in [3.8, 4) is 5.88 Å². The highest BCUT2D eigenvalue weighted by atomic mass is 19.1. The number of hydrogen-bond acceptors (Lipinski definition) is 4. The lowest BCUT2D eigenvalue weighted by atomic mass is 10.2. The summed E-state index contributed by atoms with van der Waals surface area (Å²) >= 11 is 0. The molecule has 1 aromatic carbocycles. The van der Waals surface area contributed by atoms with Crippen LogP contribution in [0.4, 0.5) is 15.9 Å². The van der Waals surface area contributed by atoms with Gasteiger partial charge in [-0.2, -0.15) is 4.98 Å². The van der Waals surface area contributed by atoms with Crippen LogP contribution in [0.2, 0.25) is 0 Å². The van der Waals surface area contributed by atoms with Crippen molar-refractivity contribution in [1.29, 1.82) is 0 Å². The normalized spacial score (nSPS) is 13.7. The van der Waals surface area contributed by atoms with Gasteiger partial charge >= 0.3 is 0 Å². The fraction of sp³-hybridized carbons (Fsp3) is 0.125. The number of carbonyl (C=O) groups is 1. The van der Waals surface area contributed by atoms with E-state index in [2.05, 4.69) is 4.98 Å². The molecule has 2 aromatic rings. The van der Waals surface area contributed by atoms with Crippen molar-refractivity contribution in [2.75, 3.05) is 10.6 Å². The maximum absolute atomic E-state index is 12.8. The van der Waals surface area contributed by atoms with E-state index in [4.69, 9.17) is 10.5 Å². The van der Waals surface area contributed by atoms with Gasteiger partial charge in [0.25, 0.3) is 0 Å². The van der Waals surface area contributed by atoms with Crippen LogP contribution in [0.5, 0.6) is 5.88 Å². The number of ether oxygens (including phenoxy) is 1. The minimum atomic E-state index is -0.295. The molecule has 6 heteroatoms. The summed E-state index contributed by atoms with van der Waals surface area (Å²) in [6.07, 6.45) is 3.72. The quantitative estimate of drug-likeness (QED) is 0.942. The molecule has 5 nitrogen and oxygen atoms in total. The Bertz CT molecular complexity index is 729. The number of rotatable bonds is 4. The third-order valence-electron chi connectivity index (χ3n) is 3.22. The lowest BCUT2D eigenvalue weighted by Crippen LogP contribution is -2.22. The van der Waals surface area contributed by atoms with Crippen LogP contribution in [-0.4, -0.2) is 10.9 Å². The van der Waals surface area contributed by atoms with E-state index in [-0.39, 0.29) is 18.3 Å². The fourth-order valence-electron chi connectivity index (χ4n) is 2.08. The molecule has 0 bridgehead atoms. The van der Waals surface area contributed by atoms with Crippen LogP contribution in [-0.2, 0) is 11.4 Å². The van der Waals surface area contributed by atoms with Crippen molar-refractivity contribution < 1.29 is 13.9 Å². The molecule has 0 saturated heterocycles. The molecule has 0 radical (unpaired) electrons. The third kappa shape index (κ3) is 2.90. The van der Waals surface area contributed by atoms with Gasteiger partial charge < -0.3 is 10.5 Å². The molecule has 0 aliphatic carbocycles. The zero-order valence-corrected chi connectivity index (χ0v) is 11.7. The first-order valence-electron chi connectivity index (χ1n) is 6.76. The molecular weight excluding hydrogens is 285 g/mol. The Labute approximate surface area is 126 Å². The van der Waals surface area contributed by atoms with Gasteiger partial charge in [0.1, 0.15) is 12.4 Å². The van der Waals surface area contributed by atoms with Gasteiger partial charge in [-0.1, -0.05) is 18.2 Å². The fourth-order valence-corrected chi connectivity index (χ4v) is 2.08. The number of carbonyl (C=O) groups excluding carboxylic acids is 1. The molecule has 2 N–H and O–H groups in total. The number of amides is 1. The Balaban J connectivity index is 1.76. The number of nitrogens with zero attached hydrogens (tertiary/aromatic N) is 2. The Hall–Kier alpha value is -2.89. The van der Waals surface area contributed by atoms with Crippen molar-refractivity contribution in [1.82, 2.24) is 4.98 Å². The van der Waals surface area contributed by atoms with E-state index in [1.54, 1.807) is 36.5 Å². The molecule has 1 aromatic heterocycles. The number of pyridine rings is 1. The van der Waals surface area contributed by atoms with Gasteiger partial charge in [0.05, 0.1) is 5.69 Å². The molecule has 2 heterocycles. The van der Waals surface area contributed by atoms with Gasteiger partial charge in [-0.15, -0.1) is 0 Å². The molecular formula is C16H14FN3O2. The predicted octanol–water partition coefficient (Wildman–Crippen LogP) is 2.63. The molecule has 1 aliphatic rings. The second-order valence-electron chi connectivity index (χ2n) is 4.83. The Morgan fingerprint density at radius 2 is 2.00 bits per heavy atom. The van der Waals surface area contributed by atoms with Crippen LogP contribution < -0.4 is 15.4 Å². The second kappa shape index (κ2) is 5.85. The topological polar surface area (TPSA) is 68.5 Å². The number of anilines is 2. The highest BCUT2D eigenvalue weighted by Crippen LogP contribution is 2.27. The molecule has 22 heavy (non-hydrogen) atoms. The number of nitrogens with two attached hydrogens (primary N) is 1. The summed E-state index contributed by atoms with van der Waals surface area (Å²) in [6.45, 7) is 0.250. The summed E-state index contributed by atoms with van der Waals surface area (Å²) in [7, 11) is 0. The van der Waals surface area contributed by atoms with Crippen LogP contribution in [0.3, 0.4) is 0 Å². The molecule has 0 unspecified atom stereocenters. The average Bonchev–Trinajstić information content (AvgIpc) is 2.94. The van der Waals surface area contributed by atoms with Crippen LogP contribution in [0.25, 0.3) is 0 Å². The largest absolute Gasteiger partial charge is 0.473 e. The van der Waals surface area contributed by atoms with E-state index in [0.29, 0.717) is 23.8 Å². The zero-order valence-electron chi connectivity index (χ0n) is 11.7. The molecule has 0 spiro atoms. The van der Waals surface area contributed by atoms with Crippen molar-refractivity contribution in [2.45, 2.75) is 13.0 Å². The van der Waals surface area contributed by atoms with Gasteiger partial charge in [-0.05, 0) is 23.8 Å². The highest BCUT2D eigenvalue weighted by Gasteiger charge is 2.20. The first kappa shape index (κ1) is 14.1. The van der Waals surface area contributed by atoms with E-state index < -0.39 is 0 Å². The Kier molecular flexibility index (Phi) is 3.74. The summed E-state index contributed by atoms with van der Waals surface area (Å²) in [4.78, 5) is 17.4. The van der Waals surface area contributed by atoms with Gasteiger partial charge in [0, 0.05) is 18.7 Å². The molecule has 0 fully saturated rings. The Morgan fingerprint density at radius 3 is 2.68 bits per heavy atom. The molecule has 112 valence electrons. The molecule has 0 atom stereocenters. The van der Waals surface area contributed by atoms with E-state index in [9.17, 15) is 9.18 Å². The monoisotopic (exact) mass is 299 g/mol. The average molecular weight is 299 g/mol. The standard InChI is InChI=1S/C16H14FN3O2/c17-12-5-3-11(4-6-12)10-22-14-8-7-13(18)16(19-14)20-9-1-2-15(20)21/h1,3-9H,2,10,18H2. The third-order valence-corrected chi connectivity index (χ3v) is 3.22. The molecule has 1 aliphatic heterocycles. The first-order chi connectivity index (χ1) is 10.6. The summed E-state index contributed by atoms with van der Waals surface area (Å²) in [5.41, 5.74) is 7.08. The summed E-state index contributed by atoms with van der Waals surface area (Å²) in [5.74, 6) is 0.322. The lowest BCUT2D eigenvalue weighted by Gasteiger charge is -2.16. The number of benzene rings is 1. The zero-order chi connectivity index (χ0) is 15.5. The lowest BCUT2D eigenvalue weighted by molar-refractivity contribution is -0.116. The van der Waals surface area contributed by atoms with Gasteiger partial charge in [-0.3, -0.25) is 9.69 Å². The Morgan fingerprint density at radius 1 is 1.23 bits per heavy atom. The maximum Gasteiger partial charge on any atom is 0.236 e. The van der Waals surface area contributed by atoms with Crippen LogP contribution in [0.1, 0.15) is 12.0 Å². The van der Waals surface area contributed by atoms with Crippen molar-refractivity contribution >= 4 is 17.4 Å². The van der Waals surface area contributed by atoms with Crippen molar-refractivity contribution in [2.24, 2.45) is 0 Å². The van der Waals surface area contributed by atoms with E-state index in [1.165, 1.54) is 17.0 Å². The first-order valence-corrected chi connectivity index (χ1v) is 6.76. The maximum atomic E-state index is 12.8. The van der Waals surface area contributed by atoms with Gasteiger partial charge in [0.2, 0.25) is 11.8 Å². The second-order valence-corrected chi connectivity index (χ2v) is 4.83. The van der Waals surface area contributed by atoms with Crippen molar-refractivity contribution in [3.05, 3.63) is 60.1 Å². The molecule has 1 amide bonds. The summed E-state index contributed by atoms with van der Waals surface area (Å²) in [5, 5.41) is 0. The molecule has 3 rings (SSSR count). The van der Waals surface area contributed by atoms with E-state index in [1.807, 2.05) is 0 Å². The summed E-state index contributed by atoms with van der Waals surface area (Å²) in [6, 6.07) is 9.29. The van der Waals surface area contributed by atoms with E-state index in [0.717, 1.165) is 5.56 Å². The minimum absolute atomic E-state index is 0.0881. The van der Waals surface area contributed by atoms with Crippen LogP contribution in [0.15, 0.2) is 48.7 Å². The van der Waals surface area contributed by atoms with Crippen LogP contribution >= 0.6 is 0 Å². The summed E-state index contributed by atoms with van der Waals surface area (Å²) < 4.78 is 18.4.